The third kappa shape index (κ3) is 2.85. The second-order valence-electron chi connectivity index (χ2n) is 3.06. The van der Waals surface area contributed by atoms with Crippen LogP contribution in [0.15, 0.2) is 12.4 Å². The molecule has 14 heavy (non-hydrogen) atoms. The van der Waals surface area contributed by atoms with Gasteiger partial charge in [-0.15, -0.1) is 0 Å². The average Bonchev–Trinajstić information content (AvgIpc) is 2.51. The maximum absolute atomic E-state index is 10.4. The largest absolute Gasteiger partial charge is 0.479 e. The quantitative estimate of drug-likeness (QED) is 0.746. The van der Waals surface area contributed by atoms with E-state index in [-0.39, 0.29) is 0 Å². The molecule has 1 atom stereocenters. The fraction of sp³-hybridized carbons (Fsp3) is 0.556. The number of aliphatic carboxylic acids is 1. The molecule has 1 rings (SSSR count). The van der Waals surface area contributed by atoms with Crippen molar-refractivity contribution in [3.05, 3.63) is 18.2 Å². The van der Waals surface area contributed by atoms with Gasteiger partial charge in [0, 0.05) is 25.9 Å². The first kappa shape index (κ1) is 10.7. The summed E-state index contributed by atoms with van der Waals surface area (Å²) >= 11 is 0. The molecule has 0 aliphatic rings. The van der Waals surface area contributed by atoms with Gasteiger partial charge in [-0.1, -0.05) is 0 Å². The van der Waals surface area contributed by atoms with Gasteiger partial charge >= 0.3 is 5.97 Å². The lowest BCUT2D eigenvalue weighted by Gasteiger charge is -2.07. The zero-order valence-corrected chi connectivity index (χ0v) is 8.30. The molecule has 0 saturated carbocycles. The first-order chi connectivity index (χ1) is 6.61. The zero-order valence-electron chi connectivity index (χ0n) is 8.30. The Morgan fingerprint density at radius 1 is 1.79 bits per heavy atom. The molecule has 0 spiro atoms. The summed E-state index contributed by atoms with van der Waals surface area (Å²) in [5.74, 6) is -0.0487. The van der Waals surface area contributed by atoms with Gasteiger partial charge in [0.25, 0.3) is 0 Å². The third-order valence-electron chi connectivity index (χ3n) is 1.96. The first-order valence-electron chi connectivity index (χ1n) is 4.42. The number of aryl methyl sites for hydroxylation is 1. The van der Waals surface area contributed by atoms with Crippen molar-refractivity contribution in [2.24, 2.45) is 7.05 Å². The van der Waals surface area contributed by atoms with Crippen molar-refractivity contribution < 1.29 is 14.6 Å². The number of carbonyl (C=O) groups is 1. The highest BCUT2D eigenvalue weighted by Gasteiger charge is 2.10. The summed E-state index contributed by atoms with van der Waals surface area (Å²) in [6.45, 7) is 1.89. The van der Waals surface area contributed by atoms with E-state index < -0.39 is 12.1 Å². The van der Waals surface area contributed by atoms with Crippen LogP contribution in [0.4, 0.5) is 0 Å². The molecule has 0 aliphatic heterocycles. The van der Waals surface area contributed by atoms with Gasteiger partial charge in [0.2, 0.25) is 0 Å². The average molecular weight is 198 g/mol. The van der Waals surface area contributed by atoms with Crippen molar-refractivity contribution in [2.45, 2.75) is 19.4 Å². The summed E-state index contributed by atoms with van der Waals surface area (Å²) in [7, 11) is 1.89. The Labute approximate surface area is 82.3 Å². The minimum atomic E-state index is -0.940. The van der Waals surface area contributed by atoms with Crippen LogP contribution in [0.2, 0.25) is 0 Å². The SMILES string of the molecule is C[C@@H](OCCc1nccn1C)C(=O)O. The van der Waals surface area contributed by atoms with Crippen LogP contribution >= 0.6 is 0 Å². The molecule has 0 unspecified atom stereocenters. The third-order valence-corrected chi connectivity index (χ3v) is 1.96. The molecule has 5 heteroatoms. The monoisotopic (exact) mass is 198 g/mol. The molecule has 0 fully saturated rings. The molecule has 1 aromatic heterocycles. The molecular weight excluding hydrogens is 184 g/mol. The molecule has 78 valence electrons. The Morgan fingerprint density at radius 3 is 3.00 bits per heavy atom. The summed E-state index contributed by atoms with van der Waals surface area (Å²) in [5, 5.41) is 8.55. The number of carboxylic acid groups (broad SMARTS) is 1. The number of hydrogen-bond donors (Lipinski definition) is 1. The van der Waals surface area contributed by atoms with Crippen molar-refractivity contribution in [3.63, 3.8) is 0 Å². The van der Waals surface area contributed by atoms with Crippen LogP contribution in [0.1, 0.15) is 12.7 Å². The highest BCUT2D eigenvalue weighted by Crippen LogP contribution is 1.98. The van der Waals surface area contributed by atoms with Gasteiger partial charge in [0.05, 0.1) is 6.61 Å². The van der Waals surface area contributed by atoms with Gasteiger partial charge in [-0.3, -0.25) is 0 Å². The summed E-state index contributed by atoms with van der Waals surface area (Å²) in [6, 6.07) is 0. The number of ether oxygens (including phenoxy) is 1. The number of imidazole rings is 1. The molecule has 1 aromatic rings. The fourth-order valence-corrected chi connectivity index (χ4v) is 1.04. The first-order valence-corrected chi connectivity index (χ1v) is 4.42. The number of aromatic nitrogens is 2. The van der Waals surface area contributed by atoms with E-state index >= 15 is 0 Å². The van der Waals surface area contributed by atoms with E-state index in [0.717, 1.165) is 5.82 Å². The highest BCUT2D eigenvalue weighted by atomic mass is 16.5. The summed E-state index contributed by atoms with van der Waals surface area (Å²) < 4.78 is 6.96. The second-order valence-corrected chi connectivity index (χ2v) is 3.06. The van der Waals surface area contributed by atoms with Crippen LogP contribution in [0, 0.1) is 0 Å². The maximum Gasteiger partial charge on any atom is 0.332 e. The van der Waals surface area contributed by atoms with Crippen LogP contribution in [-0.2, 0) is 23.0 Å². The predicted molar refractivity (Wildman–Crippen MR) is 50.0 cm³/mol. The molecular formula is C9H14N2O3. The van der Waals surface area contributed by atoms with E-state index in [4.69, 9.17) is 9.84 Å². The van der Waals surface area contributed by atoms with Gasteiger partial charge < -0.3 is 14.4 Å². The minimum absolute atomic E-state index is 0.373. The summed E-state index contributed by atoms with van der Waals surface area (Å²) in [5.41, 5.74) is 0. The fourth-order valence-electron chi connectivity index (χ4n) is 1.04. The second kappa shape index (κ2) is 4.76. The Hall–Kier alpha value is -1.36. The van der Waals surface area contributed by atoms with Crippen molar-refractivity contribution in [3.8, 4) is 0 Å². The lowest BCUT2D eigenvalue weighted by molar-refractivity contribution is -0.149. The molecule has 0 amide bonds. The zero-order chi connectivity index (χ0) is 10.6. The standard InChI is InChI=1S/C9H14N2O3/c1-7(9(12)13)14-6-3-8-10-4-5-11(8)2/h4-5,7H,3,6H2,1-2H3,(H,12,13)/t7-/m1/s1. The van der Waals surface area contributed by atoms with E-state index in [1.807, 2.05) is 17.8 Å². The van der Waals surface area contributed by atoms with Gasteiger partial charge in [-0.25, -0.2) is 9.78 Å². The summed E-state index contributed by atoms with van der Waals surface area (Å²) in [4.78, 5) is 14.5. The van der Waals surface area contributed by atoms with Crippen LogP contribution in [0.25, 0.3) is 0 Å². The van der Waals surface area contributed by atoms with E-state index in [0.29, 0.717) is 13.0 Å². The van der Waals surface area contributed by atoms with Gasteiger partial charge in [0.1, 0.15) is 5.82 Å². The minimum Gasteiger partial charge on any atom is -0.479 e. The van der Waals surface area contributed by atoms with Gasteiger partial charge in [-0.05, 0) is 6.92 Å². The van der Waals surface area contributed by atoms with Crippen molar-refractivity contribution >= 4 is 5.97 Å². The Bertz CT molecular complexity index is 309. The van der Waals surface area contributed by atoms with Crippen molar-refractivity contribution in [2.75, 3.05) is 6.61 Å². The Balaban J connectivity index is 2.29. The topological polar surface area (TPSA) is 64.4 Å². The number of rotatable bonds is 5. The normalized spacial score (nSPS) is 12.7. The van der Waals surface area contributed by atoms with E-state index in [2.05, 4.69) is 4.98 Å². The smallest absolute Gasteiger partial charge is 0.332 e. The lowest BCUT2D eigenvalue weighted by atomic mass is 10.4. The number of hydrogen-bond acceptors (Lipinski definition) is 3. The van der Waals surface area contributed by atoms with Crippen molar-refractivity contribution in [1.29, 1.82) is 0 Å². The molecule has 0 radical (unpaired) electrons. The predicted octanol–water partition coefficient (Wildman–Crippen LogP) is 0.452. The van der Waals surface area contributed by atoms with E-state index in [1.165, 1.54) is 6.92 Å². The maximum atomic E-state index is 10.4. The van der Waals surface area contributed by atoms with Crippen LogP contribution in [0.3, 0.4) is 0 Å². The van der Waals surface area contributed by atoms with Gasteiger partial charge in [0.15, 0.2) is 6.10 Å². The lowest BCUT2D eigenvalue weighted by Crippen LogP contribution is -2.21. The molecule has 1 N–H and O–H groups in total. The molecule has 0 aliphatic carbocycles. The van der Waals surface area contributed by atoms with Crippen LogP contribution < -0.4 is 0 Å². The van der Waals surface area contributed by atoms with Crippen LogP contribution in [-0.4, -0.2) is 33.3 Å². The van der Waals surface area contributed by atoms with E-state index in [1.54, 1.807) is 6.20 Å². The Morgan fingerprint density at radius 2 is 2.50 bits per heavy atom. The van der Waals surface area contributed by atoms with Crippen LogP contribution in [0.5, 0.6) is 0 Å². The molecule has 0 aromatic carbocycles. The molecule has 0 bridgehead atoms. The van der Waals surface area contributed by atoms with Crippen molar-refractivity contribution in [1.82, 2.24) is 9.55 Å². The summed E-state index contributed by atoms with van der Waals surface area (Å²) in [6.07, 6.45) is 3.42. The Kier molecular flexibility index (Phi) is 3.64. The van der Waals surface area contributed by atoms with Gasteiger partial charge in [-0.2, -0.15) is 0 Å². The highest BCUT2D eigenvalue weighted by molar-refractivity contribution is 5.71. The number of nitrogens with zero attached hydrogens (tertiary/aromatic N) is 2. The molecule has 5 nitrogen and oxygen atoms in total. The molecule has 1 heterocycles. The van der Waals surface area contributed by atoms with E-state index in [9.17, 15) is 4.79 Å². The number of carboxylic acids is 1. The molecule has 0 saturated heterocycles.